The molecule has 0 bridgehead atoms. The lowest BCUT2D eigenvalue weighted by atomic mass is 9.95. The molecule has 1 aromatic carbocycles. The highest BCUT2D eigenvalue weighted by molar-refractivity contribution is 5.99. The van der Waals surface area contributed by atoms with Gasteiger partial charge in [0.25, 0.3) is 11.8 Å². The monoisotopic (exact) mass is 289 g/mol. The van der Waals surface area contributed by atoms with E-state index in [1.807, 2.05) is 0 Å². The summed E-state index contributed by atoms with van der Waals surface area (Å²) < 4.78 is 5.29. The minimum absolute atomic E-state index is 0.0190. The van der Waals surface area contributed by atoms with Crippen molar-refractivity contribution in [1.82, 2.24) is 10.6 Å². The first-order valence-corrected chi connectivity index (χ1v) is 7.22. The molecule has 112 valence electrons. The van der Waals surface area contributed by atoms with Gasteiger partial charge in [-0.15, -0.1) is 0 Å². The maximum Gasteiger partial charge on any atom is 0.262 e. The van der Waals surface area contributed by atoms with Gasteiger partial charge in [-0.2, -0.15) is 0 Å². The fraction of sp³-hybridized carbons (Fsp3) is 0.467. The smallest absolute Gasteiger partial charge is 0.262 e. The van der Waals surface area contributed by atoms with Crippen LogP contribution in [0.5, 0.6) is 5.75 Å². The first-order chi connectivity index (χ1) is 10.1. The molecule has 0 radical (unpaired) electrons. The molecule has 3 N–H and O–H groups in total. The molecule has 0 aromatic heterocycles. The Balaban J connectivity index is 1.72. The maximum absolute atomic E-state index is 12.3. The van der Waals surface area contributed by atoms with Crippen LogP contribution in [0.25, 0.3) is 0 Å². The normalized spacial score (nSPS) is 24.5. The number of fused-ring (bicyclic) bond motifs is 1. The van der Waals surface area contributed by atoms with E-state index in [0.29, 0.717) is 22.9 Å². The quantitative estimate of drug-likeness (QED) is 0.750. The number of hydrogen-bond acceptors (Lipinski definition) is 4. The molecule has 2 amide bonds. The molecule has 2 atom stereocenters. The Morgan fingerprint density at radius 1 is 1.43 bits per heavy atom. The molecule has 1 saturated heterocycles. The number of benzene rings is 1. The molecular formula is C15H19N3O3. The van der Waals surface area contributed by atoms with Crippen molar-refractivity contribution < 1.29 is 14.3 Å². The average molecular weight is 289 g/mol. The van der Waals surface area contributed by atoms with Crippen LogP contribution in [0.3, 0.4) is 0 Å². The summed E-state index contributed by atoms with van der Waals surface area (Å²) in [5.74, 6) is 0.688. The van der Waals surface area contributed by atoms with Crippen molar-refractivity contribution >= 4 is 17.5 Å². The van der Waals surface area contributed by atoms with Gasteiger partial charge in [0.2, 0.25) is 0 Å². The van der Waals surface area contributed by atoms with Gasteiger partial charge in [-0.25, -0.2) is 0 Å². The van der Waals surface area contributed by atoms with Crippen LogP contribution in [0.1, 0.15) is 23.7 Å². The summed E-state index contributed by atoms with van der Waals surface area (Å²) in [6.07, 6.45) is 0.928. The molecule has 6 nitrogen and oxygen atoms in total. The maximum atomic E-state index is 12.3. The number of nitrogens with one attached hydrogen (secondary N) is 3. The van der Waals surface area contributed by atoms with Gasteiger partial charge in [0.15, 0.2) is 6.61 Å². The number of rotatable bonds is 2. The van der Waals surface area contributed by atoms with Crippen molar-refractivity contribution in [2.75, 3.05) is 25.0 Å². The second-order valence-corrected chi connectivity index (χ2v) is 5.60. The summed E-state index contributed by atoms with van der Waals surface area (Å²) in [6.45, 7) is 3.98. The Morgan fingerprint density at radius 3 is 3.10 bits per heavy atom. The zero-order chi connectivity index (χ0) is 14.8. The summed E-state index contributed by atoms with van der Waals surface area (Å²) in [5, 5.41) is 9.09. The van der Waals surface area contributed by atoms with Crippen LogP contribution < -0.4 is 20.7 Å². The summed E-state index contributed by atoms with van der Waals surface area (Å²) >= 11 is 0. The third-order valence-electron chi connectivity index (χ3n) is 3.98. The lowest BCUT2D eigenvalue weighted by Gasteiger charge is -2.30. The molecule has 2 aliphatic rings. The number of amides is 2. The van der Waals surface area contributed by atoms with E-state index in [0.717, 1.165) is 19.5 Å². The molecular weight excluding hydrogens is 270 g/mol. The van der Waals surface area contributed by atoms with Crippen LogP contribution in [0.15, 0.2) is 18.2 Å². The molecule has 0 aliphatic carbocycles. The van der Waals surface area contributed by atoms with Gasteiger partial charge in [0, 0.05) is 11.6 Å². The number of anilines is 1. The third kappa shape index (κ3) is 3.00. The molecule has 1 fully saturated rings. The van der Waals surface area contributed by atoms with Crippen molar-refractivity contribution in [2.24, 2.45) is 5.92 Å². The minimum Gasteiger partial charge on any atom is -0.482 e. The van der Waals surface area contributed by atoms with E-state index in [-0.39, 0.29) is 24.5 Å². The van der Waals surface area contributed by atoms with Gasteiger partial charge in [-0.05, 0) is 43.6 Å². The molecule has 1 aromatic rings. The van der Waals surface area contributed by atoms with Crippen LogP contribution >= 0.6 is 0 Å². The number of carbonyl (C=O) groups is 2. The van der Waals surface area contributed by atoms with Crippen LogP contribution in [0, 0.1) is 5.92 Å². The number of piperidine rings is 1. The molecule has 0 saturated carbocycles. The second-order valence-electron chi connectivity index (χ2n) is 5.60. The van der Waals surface area contributed by atoms with E-state index in [1.54, 1.807) is 18.2 Å². The highest BCUT2D eigenvalue weighted by atomic mass is 16.5. The van der Waals surface area contributed by atoms with E-state index >= 15 is 0 Å². The molecule has 6 heteroatoms. The van der Waals surface area contributed by atoms with Crippen LogP contribution in [0.2, 0.25) is 0 Å². The van der Waals surface area contributed by atoms with Crippen LogP contribution in [-0.4, -0.2) is 37.6 Å². The fourth-order valence-electron chi connectivity index (χ4n) is 2.70. The molecule has 21 heavy (non-hydrogen) atoms. The molecule has 2 aliphatic heterocycles. The van der Waals surface area contributed by atoms with Crippen LogP contribution in [0.4, 0.5) is 5.69 Å². The zero-order valence-corrected chi connectivity index (χ0v) is 11.9. The highest BCUT2D eigenvalue weighted by Crippen LogP contribution is 2.28. The largest absolute Gasteiger partial charge is 0.482 e. The Morgan fingerprint density at radius 2 is 2.29 bits per heavy atom. The van der Waals surface area contributed by atoms with Crippen molar-refractivity contribution in [3.05, 3.63) is 23.8 Å². The van der Waals surface area contributed by atoms with Gasteiger partial charge < -0.3 is 20.7 Å². The zero-order valence-electron chi connectivity index (χ0n) is 11.9. The number of hydrogen-bond donors (Lipinski definition) is 3. The van der Waals surface area contributed by atoms with Gasteiger partial charge in [0.05, 0.1) is 5.69 Å². The molecule has 0 spiro atoms. The Kier molecular flexibility index (Phi) is 3.79. The summed E-state index contributed by atoms with van der Waals surface area (Å²) in [7, 11) is 0. The summed E-state index contributed by atoms with van der Waals surface area (Å²) in [5.41, 5.74) is 1.09. The summed E-state index contributed by atoms with van der Waals surface area (Å²) in [6, 6.07) is 5.28. The van der Waals surface area contributed by atoms with E-state index in [2.05, 4.69) is 22.9 Å². The second kappa shape index (κ2) is 5.73. The lowest BCUT2D eigenvalue weighted by molar-refractivity contribution is -0.118. The standard InChI is InChI=1S/C15H19N3O3/c1-9-7-16-5-4-11(9)18-15(20)10-2-3-13-12(6-10)17-14(19)8-21-13/h2-3,6,9,11,16H,4-5,7-8H2,1H3,(H,17,19)(H,18,20). The molecule has 2 unspecified atom stereocenters. The average Bonchev–Trinajstić information content (AvgIpc) is 2.48. The summed E-state index contributed by atoms with van der Waals surface area (Å²) in [4.78, 5) is 23.7. The first-order valence-electron chi connectivity index (χ1n) is 7.22. The Labute approximate surface area is 123 Å². The van der Waals surface area contributed by atoms with E-state index in [1.165, 1.54) is 0 Å². The predicted molar refractivity (Wildman–Crippen MR) is 78.5 cm³/mol. The van der Waals surface area contributed by atoms with Crippen molar-refractivity contribution in [3.8, 4) is 5.75 Å². The lowest BCUT2D eigenvalue weighted by Crippen LogP contribution is -2.48. The topological polar surface area (TPSA) is 79.5 Å². The van der Waals surface area contributed by atoms with Crippen molar-refractivity contribution in [1.29, 1.82) is 0 Å². The Bertz CT molecular complexity index is 573. The molecule has 3 rings (SSSR count). The third-order valence-corrected chi connectivity index (χ3v) is 3.98. The van der Waals surface area contributed by atoms with E-state index < -0.39 is 0 Å². The van der Waals surface area contributed by atoms with E-state index in [4.69, 9.17) is 4.74 Å². The van der Waals surface area contributed by atoms with Gasteiger partial charge in [-0.1, -0.05) is 6.92 Å². The number of ether oxygens (including phenoxy) is 1. The van der Waals surface area contributed by atoms with Crippen molar-refractivity contribution in [2.45, 2.75) is 19.4 Å². The molecule has 2 heterocycles. The highest BCUT2D eigenvalue weighted by Gasteiger charge is 2.24. The van der Waals surface area contributed by atoms with Gasteiger partial charge in [-0.3, -0.25) is 9.59 Å². The predicted octanol–water partition coefficient (Wildman–Crippen LogP) is 0.745. The van der Waals surface area contributed by atoms with Crippen molar-refractivity contribution in [3.63, 3.8) is 0 Å². The van der Waals surface area contributed by atoms with Crippen LogP contribution in [-0.2, 0) is 4.79 Å². The fourth-order valence-corrected chi connectivity index (χ4v) is 2.70. The van der Waals surface area contributed by atoms with E-state index in [9.17, 15) is 9.59 Å². The number of carbonyl (C=O) groups excluding carboxylic acids is 2. The first kappa shape index (κ1) is 13.9. The SMILES string of the molecule is CC1CNCCC1NC(=O)c1ccc2c(c1)NC(=O)CO2. The Hall–Kier alpha value is -2.08. The van der Waals surface area contributed by atoms with Gasteiger partial charge >= 0.3 is 0 Å². The minimum atomic E-state index is -0.202. The van der Waals surface area contributed by atoms with Gasteiger partial charge in [0.1, 0.15) is 5.75 Å².